The molecule has 0 aliphatic heterocycles. The largest absolute Gasteiger partial charge is 0.310 e. The fraction of sp³-hybridized carbons (Fsp3) is 0.286. The maximum Gasteiger partial charge on any atom is 0.143 e. The zero-order valence-electron chi connectivity index (χ0n) is 10.6. The molecule has 0 radical (unpaired) electrons. The summed E-state index contributed by atoms with van der Waals surface area (Å²) in [6.45, 7) is 5.71. The zero-order valence-corrected chi connectivity index (χ0v) is 12.2. The van der Waals surface area contributed by atoms with Gasteiger partial charge in [0.1, 0.15) is 5.82 Å². The van der Waals surface area contributed by atoms with Crippen LogP contribution >= 0.6 is 15.9 Å². The van der Waals surface area contributed by atoms with Gasteiger partial charge in [0.2, 0.25) is 0 Å². The number of benzene rings is 1. The number of hydrogen-bond donors (Lipinski definition) is 1. The van der Waals surface area contributed by atoms with Crippen LogP contribution in [0.1, 0.15) is 18.4 Å². The number of hydrogen-bond acceptors (Lipinski definition) is 3. The summed E-state index contributed by atoms with van der Waals surface area (Å²) in [6.07, 6.45) is 0. The summed E-state index contributed by atoms with van der Waals surface area (Å²) in [4.78, 5) is 9.01. The van der Waals surface area contributed by atoms with Gasteiger partial charge in [-0.25, -0.2) is 9.97 Å². The summed E-state index contributed by atoms with van der Waals surface area (Å²) in [5, 5.41) is 3.25. The first kappa shape index (κ1) is 13.2. The standard InChI is InChI=1S/C14H16BrN3/c1-3-16-9-14-17-10(2)8-13(18-14)11-4-6-12(15)7-5-11/h4-8,16H,3,9H2,1-2H3. The van der Waals surface area contributed by atoms with Crippen molar-refractivity contribution in [3.63, 3.8) is 0 Å². The van der Waals surface area contributed by atoms with E-state index in [1.54, 1.807) is 0 Å². The Bertz CT molecular complexity index is 523. The molecule has 0 unspecified atom stereocenters. The van der Waals surface area contributed by atoms with Gasteiger partial charge in [-0.05, 0) is 31.7 Å². The minimum absolute atomic E-state index is 0.710. The molecule has 94 valence electrons. The van der Waals surface area contributed by atoms with E-state index in [1.807, 2.05) is 25.1 Å². The molecule has 0 spiro atoms. The maximum absolute atomic E-state index is 4.58. The lowest BCUT2D eigenvalue weighted by Crippen LogP contribution is -2.15. The Morgan fingerprint density at radius 1 is 1.17 bits per heavy atom. The second kappa shape index (κ2) is 6.07. The molecule has 0 amide bonds. The second-order valence-electron chi connectivity index (χ2n) is 4.10. The predicted molar refractivity (Wildman–Crippen MR) is 77.3 cm³/mol. The van der Waals surface area contributed by atoms with Gasteiger partial charge in [0.25, 0.3) is 0 Å². The highest BCUT2D eigenvalue weighted by atomic mass is 79.9. The van der Waals surface area contributed by atoms with Crippen LogP contribution in [0.25, 0.3) is 11.3 Å². The third kappa shape index (κ3) is 3.37. The molecule has 0 saturated carbocycles. The smallest absolute Gasteiger partial charge is 0.143 e. The summed E-state index contributed by atoms with van der Waals surface area (Å²) >= 11 is 3.44. The average Bonchev–Trinajstić information content (AvgIpc) is 2.36. The average molecular weight is 306 g/mol. The molecule has 0 aliphatic rings. The van der Waals surface area contributed by atoms with Crippen LogP contribution in [-0.4, -0.2) is 16.5 Å². The molecular formula is C14H16BrN3. The van der Waals surface area contributed by atoms with Crippen LogP contribution < -0.4 is 5.32 Å². The van der Waals surface area contributed by atoms with Gasteiger partial charge in [-0.3, -0.25) is 0 Å². The highest BCUT2D eigenvalue weighted by molar-refractivity contribution is 9.10. The van der Waals surface area contributed by atoms with Crippen molar-refractivity contribution in [2.75, 3.05) is 6.54 Å². The van der Waals surface area contributed by atoms with E-state index in [2.05, 4.69) is 50.3 Å². The predicted octanol–water partition coefficient (Wildman–Crippen LogP) is 3.32. The first-order valence-corrected chi connectivity index (χ1v) is 6.79. The van der Waals surface area contributed by atoms with E-state index in [4.69, 9.17) is 0 Å². The van der Waals surface area contributed by atoms with Crippen LogP contribution in [0.2, 0.25) is 0 Å². The lowest BCUT2D eigenvalue weighted by Gasteiger charge is -2.06. The lowest BCUT2D eigenvalue weighted by molar-refractivity contribution is 0.688. The van der Waals surface area contributed by atoms with Crippen molar-refractivity contribution in [2.24, 2.45) is 0 Å². The van der Waals surface area contributed by atoms with Gasteiger partial charge >= 0.3 is 0 Å². The highest BCUT2D eigenvalue weighted by Gasteiger charge is 2.04. The van der Waals surface area contributed by atoms with Crippen molar-refractivity contribution >= 4 is 15.9 Å². The van der Waals surface area contributed by atoms with Gasteiger partial charge in [-0.15, -0.1) is 0 Å². The third-order valence-corrected chi connectivity index (χ3v) is 3.10. The molecular weight excluding hydrogens is 290 g/mol. The van der Waals surface area contributed by atoms with E-state index in [0.717, 1.165) is 33.8 Å². The van der Waals surface area contributed by atoms with Gasteiger partial charge in [0, 0.05) is 15.7 Å². The first-order chi connectivity index (χ1) is 8.69. The van der Waals surface area contributed by atoms with Gasteiger partial charge < -0.3 is 5.32 Å². The third-order valence-electron chi connectivity index (χ3n) is 2.57. The van der Waals surface area contributed by atoms with E-state index in [-0.39, 0.29) is 0 Å². The molecule has 1 N–H and O–H groups in total. The van der Waals surface area contributed by atoms with Crippen LogP contribution in [-0.2, 0) is 6.54 Å². The number of halogens is 1. The normalized spacial score (nSPS) is 10.6. The molecule has 0 bridgehead atoms. The highest BCUT2D eigenvalue weighted by Crippen LogP contribution is 2.20. The van der Waals surface area contributed by atoms with Crippen LogP contribution in [0.4, 0.5) is 0 Å². The molecule has 3 nitrogen and oxygen atoms in total. The van der Waals surface area contributed by atoms with Crippen LogP contribution in [0, 0.1) is 6.92 Å². The van der Waals surface area contributed by atoms with Gasteiger partial charge in [0.05, 0.1) is 12.2 Å². The van der Waals surface area contributed by atoms with E-state index < -0.39 is 0 Å². The van der Waals surface area contributed by atoms with Crippen molar-refractivity contribution in [1.82, 2.24) is 15.3 Å². The lowest BCUT2D eigenvalue weighted by atomic mass is 10.1. The summed E-state index contributed by atoms with van der Waals surface area (Å²) in [6, 6.07) is 10.2. The van der Waals surface area contributed by atoms with Crippen LogP contribution in [0.15, 0.2) is 34.8 Å². The topological polar surface area (TPSA) is 37.8 Å². The Hall–Kier alpha value is -1.26. The van der Waals surface area contributed by atoms with Crippen molar-refractivity contribution in [3.8, 4) is 11.3 Å². The molecule has 0 aliphatic carbocycles. The number of rotatable bonds is 4. The van der Waals surface area contributed by atoms with E-state index in [1.165, 1.54) is 0 Å². The first-order valence-electron chi connectivity index (χ1n) is 6.00. The molecule has 4 heteroatoms. The van der Waals surface area contributed by atoms with E-state index >= 15 is 0 Å². The van der Waals surface area contributed by atoms with Crippen molar-refractivity contribution in [1.29, 1.82) is 0 Å². The summed E-state index contributed by atoms with van der Waals surface area (Å²) in [7, 11) is 0. The van der Waals surface area contributed by atoms with Crippen molar-refractivity contribution in [3.05, 3.63) is 46.3 Å². The Balaban J connectivity index is 2.32. The van der Waals surface area contributed by atoms with Crippen LogP contribution in [0.5, 0.6) is 0 Å². The number of nitrogens with zero attached hydrogens (tertiary/aromatic N) is 2. The van der Waals surface area contributed by atoms with E-state index in [9.17, 15) is 0 Å². The SMILES string of the molecule is CCNCc1nc(C)cc(-c2ccc(Br)cc2)n1. The second-order valence-corrected chi connectivity index (χ2v) is 5.01. The molecule has 0 atom stereocenters. The Morgan fingerprint density at radius 2 is 1.89 bits per heavy atom. The van der Waals surface area contributed by atoms with Gasteiger partial charge in [0.15, 0.2) is 0 Å². The number of aryl methyl sites for hydroxylation is 1. The molecule has 2 aromatic rings. The van der Waals surface area contributed by atoms with Gasteiger partial charge in [-0.2, -0.15) is 0 Å². The van der Waals surface area contributed by atoms with Crippen molar-refractivity contribution in [2.45, 2.75) is 20.4 Å². The fourth-order valence-electron chi connectivity index (χ4n) is 1.71. The minimum Gasteiger partial charge on any atom is -0.310 e. The van der Waals surface area contributed by atoms with E-state index in [0.29, 0.717) is 6.54 Å². The molecule has 1 heterocycles. The molecule has 0 fully saturated rings. The Kier molecular flexibility index (Phi) is 4.44. The monoisotopic (exact) mass is 305 g/mol. The Morgan fingerprint density at radius 3 is 2.56 bits per heavy atom. The Labute approximate surface area is 116 Å². The summed E-state index contributed by atoms with van der Waals surface area (Å²) < 4.78 is 1.07. The summed E-state index contributed by atoms with van der Waals surface area (Å²) in [5.41, 5.74) is 3.08. The number of nitrogens with one attached hydrogen (secondary N) is 1. The van der Waals surface area contributed by atoms with Crippen LogP contribution in [0.3, 0.4) is 0 Å². The van der Waals surface area contributed by atoms with Crippen molar-refractivity contribution < 1.29 is 0 Å². The quantitative estimate of drug-likeness (QED) is 0.941. The molecule has 0 saturated heterocycles. The molecule has 18 heavy (non-hydrogen) atoms. The minimum atomic E-state index is 0.710. The molecule has 1 aromatic heterocycles. The fourth-order valence-corrected chi connectivity index (χ4v) is 1.98. The molecule has 1 aromatic carbocycles. The van der Waals surface area contributed by atoms with Gasteiger partial charge in [-0.1, -0.05) is 35.0 Å². The molecule has 2 rings (SSSR count). The zero-order chi connectivity index (χ0) is 13.0. The maximum atomic E-state index is 4.58. The number of aromatic nitrogens is 2. The summed E-state index contributed by atoms with van der Waals surface area (Å²) in [5.74, 6) is 0.842.